The Bertz CT molecular complexity index is 501. The molecule has 5 N–H and O–H groups in total. The molecule has 0 radical (unpaired) electrons. The number of aliphatic hydroxyl groups excluding tert-OH is 2. The average Bonchev–Trinajstić information content (AvgIpc) is 2.65. The SMILES string of the molecule is NC(=O)CC(O)C(O)c1ccc2c(c1)NC(=O)C2. The van der Waals surface area contributed by atoms with Crippen molar-refractivity contribution in [3.05, 3.63) is 29.3 Å². The van der Waals surface area contributed by atoms with Gasteiger partial charge in [0.15, 0.2) is 0 Å². The van der Waals surface area contributed by atoms with E-state index in [2.05, 4.69) is 5.32 Å². The smallest absolute Gasteiger partial charge is 0.228 e. The monoisotopic (exact) mass is 250 g/mol. The highest BCUT2D eigenvalue weighted by Crippen LogP contribution is 2.28. The molecule has 0 saturated heterocycles. The van der Waals surface area contributed by atoms with Crippen LogP contribution in [-0.2, 0) is 16.0 Å². The first-order chi connectivity index (χ1) is 8.47. The number of anilines is 1. The molecule has 2 unspecified atom stereocenters. The van der Waals surface area contributed by atoms with E-state index in [1.54, 1.807) is 18.2 Å². The molecule has 1 aliphatic rings. The summed E-state index contributed by atoms with van der Waals surface area (Å²) in [7, 11) is 0. The summed E-state index contributed by atoms with van der Waals surface area (Å²) in [4.78, 5) is 21.8. The molecule has 1 heterocycles. The zero-order valence-electron chi connectivity index (χ0n) is 9.59. The summed E-state index contributed by atoms with van der Waals surface area (Å²) in [6.45, 7) is 0. The maximum atomic E-state index is 11.2. The van der Waals surface area contributed by atoms with Crippen LogP contribution in [0.25, 0.3) is 0 Å². The summed E-state index contributed by atoms with van der Waals surface area (Å²) >= 11 is 0. The van der Waals surface area contributed by atoms with Gasteiger partial charge in [0.05, 0.1) is 18.9 Å². The van der Waals surface area contributed by atoms with Crippen molar-refractivity contribution in [2.45, 2.75) is 25.0 Å². The maximum Gasteiger partial charge on any atom is 0.228 e. The number of fused-ring (bicyclic) bond motifs is 1. The molecule has 0 spiro atoms. The number of carbonyl (C=O) groups excluding carboxylic acids is 2. The fraction of sp³-hybridized carbons (Fsp3) is 0.333. The predicted molar refractivity (Wildman–Crippen MR) is 63.6 cm³/mol. The molecule has 1 aromatic rings. The van der Waals surface area contributed by atoms with Crippen molar-refractivity contribution in [1.82, 2.24) is 0 Å². The molecule has 2 rings (SSSR count). The molecule has 1 aliphatic heterocycles. The second kappa shape index (κ2) is 4.75. The summed E-state index contributed by atoms with van der Waals surface area (Å²) in [6.07, 6.45) is -2.46. The molecular weight excluding hydrogens is 236 g/mol. The van der Waals surface area contributed by atoms with E-state index in [1.807, 2.05) is 0 Å². The van der Waals surface area contributed by atoms with Crippen LogP contribution < -0.4 is 11.1 Å². The Hall–Kier alpha value is -1.92. The minimum atomic E-state index is -1.25. The number of hydrogen-bond donors (Lipinski definition) is 4. The number of amides is 2. The highest BCUT2D eigenvalue weighted by molar-refractivity contribution is 5.99. The highest BCUT2D eigenvalue weighted by Gasteiger charge is 2.23. The fourth-order valence-corrected chi connectivity index (χ4v) is 1.96. The third-order valence-electron chi connectivity index (χ3n) is 2.88. The summed E-state index contributed by atoms with van der Waals surface area (Å²) in [6, 6.07) is 4.92. The lowest BCUT2D eigenvalue weighted by Gasteiger charge is -2.17. The lowest BCUT2D eigenvalue weighted by molar-refractivity contribution is -0.121. The lowest BCUT2D eigenvalue weighted by Crippen LogP contribution is -2.25. The third-order valence-corrected chi connectivity index (χ3v) is 2.88. The van der Waals surface area contributed by atoms with Crippen LogP contribution in [0.15, 0.2) is 18.2 Å². The number of primary amides is 1. The van der Waals surface area contributed by atoms with Crippen LogP contribution in [0.4, 0.5) is 5.69 Å². The first-order valence-electron chi connectivity index (χ1n) is 5.54. The topological polar surface area (TPSA) is 113 Å². The number of hydrogen-bond acceptors (Lipinski definition) is 4. The molecule has 0 saturated carbocycles. The number of rotatable bonds is 4. The zero-order valence-corrected chi connectivity index (χ0v) is 9.59. The molecule has 2 atom stereocenters. The standard InChI is InChI=1S/C12H14N2O4/c13-10(16)5-9(15)12(18)7-2-1-6-4-11(17)14-8(6)3-7/h1-3,9,12,15,18H,4-5H2,(H2,13,16)(H,14,17). The van der Waals surface area contributed by atoms with Crippen LogP contribution in [-0.4, -0.2) is 28.1 Å². The van der Waals surface area contributed by atoms with Gasteiger partial charge in [-0.05, 0) is 17.2 Å². The van der Waals surface area contributed by atoms with E-state index in [0.29, 0.717) is 17.7 Å². The molecule has 0 aromatic heterocycles. The van der Waals surface area contributed by atoms with E-state index in [9.17, 15) is 19.8 Å². The Kier molecular flexibility index (Phi) is 3.31. The first kappa shape index (κ1) is 12.5. The van der Waals surface area contributed by atoms with Gasteiger partial charge in [-0.15, -0.1) is 0 Å². The van der Waals surface area contributed by atoms with Crippen molar-refractivity contribution in [3.63, 3.8) is 0 Å². The van der Waals surface area contributed by atoms with E-state index in [0.717, 1.165) is 5.56 Å². The van der Waals surface area contributed by atoms with E-state index in [-0.39, 0.29) is 12.3 Å². The van der Waals surface area contributed by atoms with E-state index >= 15 is 0 Å². The van der Waals surface area contributed by atoms with Crippen molar-refractivity contribution in [3.8, 4) is 0 Å². The number of carbonyl (C=O) groups is 2. The van der Waals surface area contributed by atoms with Gasteiger partial charge in [-0.3, -0.25) is 9.59 Å². The van der Waals surface area contributed by atoms with E-state index < -0.39 is 18.1 Å². The molecule has 0 bridgehead atoms. The largest absolute Gasteiger partial charge is 0.390 e. The molecule has 6 nitrogen and oxygen atoms in total. The first-order valence-corrected chi connectivity index (χ1v) is 5.54. The summed E-state index contributed by atoms with van der Waals surface area (Å²) < 4.78 is 0. The Balaban J connectivity index is 2.17. The summed E-state index contributed by atoms with van der Waals surface area (Å²) in [5.41, 5.74) is 6.86. The molecule has 6 heteroatoms. The minimum Gasteiger partial charge on any atom is -0.390 e. The van der Waals surface area contributed by atoms with Gasteiger partial charge in [-0.25, -0.2) is 0 Å². The van der Waals surface area contributed by atoms with E-state index in [1.165, 1.54) is 0 Å². The van der Waals surface area contributed by atoms with Gasteiger partial charge in [0.25, 0.3) is 0 Å². The number of nitrogens with two attached hydrogens (primary N) is 1. The Labute approximate surface area is 103 Å². The molecule has 18 heavy (non-hydrogen) atoms. The quantitative estimate of drug-likeness (QED) is 0.574. The van der Waals surface area contributed by atoms with Crippen LogP contribution in [0.5, 0.6) is 0 Å². The number of nitrogens with one attached hydrogen (secondary N) is 1. The van der Waals surface area contributed by atoms with Gasteiger partial charge in [-0.1, -0.05) is 12.1 Å². The molecule has 2 amide bonds. The van der Waals surface area contributed by atoms with Crippen LogP contribution in [0.3, 0.4) is 0 Å². The van der Waals surface area contributed by atoms with Crippen molar-refractivity contribution in [1.29, 1.82) is 0 Å². The van der Waals surface area contributed by atoms with Crippen LogP contribution in [0, 0.1) is 0 Å². The maximum absolute atomic E-state index is 11.2. The Morgan fingerprint density at radius 1 is 1.44 bits per heavy atom. The number of aliphatic hydroxyl groups is 2. The van der Waals surface area contributed by atoms with E-state index in [4.69, 9.17) is 5.73 Å². The lowest BCUT2D eigenvalue weighted by atomic mass is 9.99. The Morgan fingerprint density at radius 3 is 2.83 bits per heavy atom. The Morgan fingerprint density at radius 2 is 2.17 bits per heavy atom. The summed E-state index contributed by atoms with van der Waals surface area (Å²) in [5, 5.41) is 22.1. The van der Waals surface area contributed by atoms with Crippen molar-refractivity contribution < 1.29 is 19.8 Å². The van der Waals surface area contributed by atoms with Gasteiger partial charge in [-0.2, -0.15) is 0 Å². The molecule has 1 aromatic carbocycles. The number of benzene rings is 1. The van der Waals surface area contributed by atoms with Crippen molar-refractivity contribution >= 4 is 17.5 Å². The van der Waals surface area contributed by atoms with Gasteiger partial charge in [0.1, 0.15) is 6.10 Å². The zero-order chi connectivity index (χ0) is 13.3. The molecule has 0 aliphatic carbocycles. The third kappa shape index (κ3) is 2.49. The minimum absolute atomic E-state index is 0.102. The van der Waals surface area contributed by atoms with Crippen LogP contribution in [0.1, 0.15) is 23.7 Å². The van der Waals surface area contributed by atoms with Crippen molar-refractivity contribution in [2.24, 2.45) is 5.73 Å². The average molecular weight is 250 g/mol. The molecule has 0 fully saturated rings. The van der Waals surface area contributed by atoms with Gasteiger partial charge < -0.3 is 21.3 Å². The molecular formula is C12H14N2O4. The molecule has 96 valence electrons. The summed E-state index contributed by atoms with van der Waals surface area (Å²) in [5.74, 6) is -0.787. The predicted octanol–water partition coefficient (Wildman–Crippen LogP) is -0.549. The van der Waals surface area contributed by atoms with Gasteiger partial charge in [0, 0.05) is 5.69 Å². The highest BCUT2D eigenvalue weighted by atomic mass is 16.3. The fourth-order valence-electron chi connectivity index (χ4n) is 1.96. The van der Waals surface area contributed by atoms with Gasteiger partial charge in [0.2, 0.25) is 11.8 Å². The second-order valence-corrected chi connectivity index (χ2v) is 4.32. The van der Waals surface area contributed by atoms with Crippen LogP contribution >= 0.6 is 0 Å². The van der Waals surface area contributed by atoms with Crippen molar-refractivity contribution in [2.75, 3.05) is 5.32 Å². The van der Waals surface area contributed by atoms with Gasteiger partial charge >= 0.3 is 0 Å². The van der Waals surface area contributed by atoms with Crippen LogP contribution in [0.2, 0.25) is 0 Å². The second-order valence-electron chi connectivity index (χ2n) is 4.32. The normalized spacial score (nSPS) is 16.9.